The summed E-state index contributed by atoms with van der Waals surface area (Å²) in [4.78, 5) is 13.6. The second-order valence-electron chi connectivity index (χ2n) is 7.19. The van der Waals surface area contributed by atoms with Gasteiger partial charge in [0, 0.05) is 16.9 Å². The topological polar surface area (TPSA) is 47.6 Å². The van der Waals surface area contributed by atoms with Gasteiger partial charge in [0.1, 0.15) is 17.1 Å². The number of methoxy groups -OCH3 is 1. The highest BCUT2D eigenvalue weighted by Crippen LogP contribution is 2.41. The van der Waals surface area contributed by atoms with Gasteiger partial charge in [0.25, 0.3) is 0 Å². The Balaban J connectivity index is 1.70. The maximum Gasteiger partial charge on any atom is 0.230 e. The van der Waals surface area contributed by atoms with Crippen LogP contribution in [0.4, 0.5) is 0 Å². The van der Waals surface area contributed by atoms with Crippen molar-refractivity contribution in [3.8, 4) is 11.5 Å². The van der Waals surface area contributed by atoms with Gasteiger partial charge in [0.05, 0.1) is 18.9 Å². The molecule has 0 unspecified atom stereocenters. The van der Waals surface area contributed by atoms with E-state index in [4.69, 9.17) is 9.47 Å². The van der Waals surface area contributed by atoms with Crippen LogP contribution in [0.2, 0.25) is 0 Å². The molecule has 4 nitrogen and oxygen atoms in total. The molecule has 1 N–H and O–H groups in total. The number of aryl methyl sites for hydroxylation is 1. The van der Waals surface area contributed by atoms with Crippen molar-refractivity contribution in [2.24, 2.45) is 0 Å². The summed E-state index contributed by atoms with van der Waals surface area (Å²) in [5.74, 6) is 1.98. The maximum atomic E-state index is 12.5. The van der Waals surface area contributed by atoms with Gasteiger partial charge >= 0.3 is 0 Å². The lowest BCUT2D eigenvalue weighted by atomic mass is 9.89. The summed E-state index contributed by atoms with van der Waals surface area (Å²) in [6.45, 7) is 6.14. The van der Waals surface area contributed by atoms with Gasteiger partial charge in [-0.2, -0.15) is 0 Å². The van der Waals surface area contributed by atoms with Gasteiger partial charge < -0.3 is 14.8 Å². The monoisotopic (exact) mass is 371 g/mol. The van der Waals surface area contributed by atoms with Crippen molar-refractivity contribution in [2.45, 2.75) is 43.7 Å². The summed E-state index contributed by atoms with van der Waals surface area (Å²) < 4.78 is 11.4. The van der Waals surface area contributed by atoms with Crippen LogP contribution in [0, 0.1) is 6.92 Å². The molecule has 138 valence electrons. The van der Waals surface area contributed by atoms with Crippen LogP contribution in [0.15, 0.2) is 47.4 Å². The van der Waals surface area contributed by atoms with Crippen molar-refractivity contribution < 1.29 is 14.3 Å². The van der Waals surface area contributed by atoms with Gasteiger partial charge in [0.2, 0.25) is 5.91 Å². The average Bonchev–Trinajstić information content (AvgIpc) is 2.60. The predicted molar refractivity (Wildman–Crippen MR) is 105 cm³/mol. The lowest BCUT2D eigenvalue weighted by molar-refractivity contribution is -0.119. The molecule has 0 aliphatic carbocycles. The molecule has 5 heteroatoms. The number of fused-ring (bicyclic) bond motifs is 1. The number of ether oxygens (including phenoxy) is 2. The molecule has 1 amide bonds. The van der Waals surface area contributed by atoms with Crippen molar-refractivity contribution in [2.75, 3.05) is 12.9 Å². The highest BCUT2D eigenvalue weighted by atomic mass is 32.2. The van der Waals surface area contributed by atoms with Crippen LogP contribution in [-0.4, -0.2) is 24.4 Å². The third-order valence-corrected chi connectivity index (χ3v) is 5.41. The lowest BCUT2D eigenvalue weighted by Crippen LogP contribution is -2.41. The van der Waals surface area contributed by atoms with Crippen LogP contribution in [0.5, 0.6) is 11.5 Å². The number of carbonyl (C=O) groups excluding carboxylic acids is 1. The van der Waals surface area contributed by atoms with E-state index in [1.807, 2.05) is 44.2 Å². The summed E-state index contributed by atoms with van der Waals surface area (Å²) in [5, 5.41) is 3.17. The molecule has 0 fully saturated rings. The molecule has 3 rings (SSSR count). The van der Waals surface area contributed by atoms with Crippen molar-refractivity contribution >= 4 is 17.7 Å². The van der Waals surface area contributed by atoms with Crippen LogP contribution in [-0.2, 0) is 4.79 Å². The van der Waals surface area contributed by atoms with Crippen LogP contribution in [0.3, 0.4) is 0 Å². The summed E-state index contributed by atoms with van der Waals surface area (Å²) in [5.41, 5.74) is 1.86. The lowest BCUT2D eigenvalue weighted by Gasteiger charge is -2.38. The molecule has 2 aromatic rings. The molecule has 1 heterocycles. The van der Waals surface area contributed by atoms with Crippen molar-refractivity contribution in [1.29, 1.82) is 0 Å². The fourth-order valence-electron chi connectivity index (χ4n) is 3.11. The largest absolute Gasteiger partial charge is 0.497 e. The minimum atomic E-state index is -0.330. The van der Waals surface area contributed by atoms with Gasteiger partial charge in [0.15, 0.2) is 0 Å². The Bertz CT molecular complexity index is 786. The molecule has 0 bridgehead atoms. The van der Waals surface area contributed by atoms with Crippen LogP contribution in [0.25, 0.3) is 0 Å². The van der Waals surface area contributed by atoms with Gasteiger partial charge in [-0.15, -0.1) is 11.8 Å². The summed E-state index contributed by atoms with van der Waals surface area (Å²) >= 11 is 1.55. The SMILES string of the molecule is COc1ccc2c(c1)[C@H](NC(=O)CSc1ccc(C)cc1)CC(C)(C)O2. The zero-order valence-electron chi connectivity index (χ0n) is 15.7. The third kappa shape index (κ3) is 4.52. The Morgan fingerprint density at radius 1 is 1.27 bits per heavy atom. The highest BCUT2D eigenvalue weighted by molar-refractivity contribution is 8.00. The number of carbonyl (C=O) groups is 1. The predicted octanol–water partition coefficient (Wildman–Crippen LogP) is 4.51. The summed E-state index contributed by atoms with van der Waals surface area (Å²) in [7, 11) is 1.64. The number of benzene rings is 2. The Morgan fingerprint density at radius 2 is 2.00 bits per heavy atom. The number of hydrogen-bond acceptors (Lipinski definition) is 4. The highest BCUT2D eigenvalue weighted by Gasteiger charge is 2.34. The smallest absolute Gasteiger partial charge is 0.230 e. The fraction of sp³-hybridized carbons (Fsp3) is 0.381. The van der Waals surface area contributed by atoms with Gasteiger partial charge in [-0.05, 0) is 51.1 Å². The molecule has 0 radical (unpaired) electrons. The standard InChI is InChI=1S/C21H25NO3S/c1-14-5-8-16(9-6-14)26-13-20(23)22-18-12-21(2,3)25-19-10-7-15(24-4)11-17(18)19/h5-11,18H,12-13H2,1-4H3,(H,22,23)/t18-/m1/s1. The third-order valence-electron chi connectivity index (χ3n) is 4.40. The van der Waals surface area contributed by atoms with E-state index in [1.165, 1.54) is 5.56 Å². The molecule has 26 heavy (non-hydrogen) atoms. The van der Waals surface area contributed by atoms with E-state index in [-0.39, 0.29) is 17.6 Å². The van der Waals surface area contributed by atoms with Crippen LogP contribution >= 0.6 is 11.8 Å². The first-order chi connectivity index (χ1) is 12.4. The van der Waals surface area contributed by atoms with E-state index in [1.54, 1.807) is 18.9 Å². The van der Waals surface area contributed by atoms with E-state index in [9.17, 15) is 4.79 Å². The molecule has 1 aliphatic heterocycles. The second-order valence-corrected chi connectivity index (χ2v) is 8.24. The fourth-order valence-corrected chi connectivity index (χ4v) is 3.82. The van der Waals surface area contributed by atoms with Crippen LogP contribution in [0.1, 0.15) is 37.4 Å². The number of hydrogen-bond donors (Lipinski definition) is 1. The molecule has 0 aromatic heterocycles. The minimum absolute atomic E-state index is 0.0204. The summed E-state index contributed by atoms with van der Waals surface area (Å²) in [6, 6.07) is 13.9. The van der Waals surface area contributed by atoms with Gasteiger partial charge in [-0.3, -0.25) is 4.79 Å². The van der Waals surface area contributed by atoms with Gasteiger partial charge in [-0.1, -0.05) is 17.7 Å². The van der Waals surface area contributed by atoms with Crippen LogP contribution < -0.4 is 14.8 Å². The first-order valence-corrected chi connectivity index (χ1v) is 9.71. The number of thioether (sulfide) groups is 1. The Hall–Kier alpha value is -2.14. The Labute approximate surface area is 159 Å². The molecule has 0 saturated heterocycles. The van der Waals surface area contributed by atoms with Crippen molar-refractivity contribution in [1.82, 2.24) is 5.32 Å². The van der Waals surface area contributed by atoms with E-state index in [0.717, 1.165) is 22.0 Å². The quantitative estimate of drug-likeness (QED) is 0.786. The van der Waals surface area contributed by atoms with Crippen molar-refractivity contribution in [3.63, 3.8) is 0 Å². The number of nitrogens with one attached hydrogen (secondary N) is 1. The van der Waals surface area contributed by atoms with E-state index < -0.39 is 0 Å². The maximum absolute atomic E-state index is 12.5. The zero-order chi connectivity index (χ0) is 18.7. The number of amides is 1. The first kappa shape index (κ1) is 18.6. The molecular weight excluding hydrogens is 346 g/mol. The summed E-state index contributed by atoms with van der Waals surface area (Å²) in [6.07, 6.45) is 0.716. The van der Waals surface area contributed by atoms with Gasteiger partial charge in [-0.25, -0.2) is 0 Å². The van der Waals surface area contributed by atoms with Crippen molar-refractivity contribution in [3.05, 3.63) is 53.6 Å². The Kier molecular flexibility index (Phi) is 5.47. The molecule has 1 aliphatic rings. The Morgan fingerprint density at radius 3 is 2.69 bits per heavy atom. The molecule has 0 spiro atoms. The first-order valence-electron chi connectivity index (χ1n) is 8.72. The van der Waals surface area contributed by atoms with E-state index in [0.29, 0.717) is 12.2 Å². The van der Waals surface area contributed by atoms with E-state index >= 15 is 0 Å². The zero-order valence-corrected chi connectivity index (χ0v) is 16.5. The molecular formula is C21H25NO3S. The molecule has 0 saturated carbocycles. The normalized spacial score (nSPS) is 17.8. The number of rotatable bonds is 5. The average molecular weight is 372 g/mol. The van der Waals surface area contributed by atoms with E-state index in [2.05, 4.69) is 24.4 Å². The molecule has 1 atom stereocenters. The minimum Gasteiger partial charge on any atom is -0.497 e. The second kappa shape index (κ2) is 7.62. The molecule has 2 aromatic carbocycles.